The Kier molecular flexibility index (Phi) is 3.46. The number of hydrogen-bond acceptors (Lipinski definition) is 6. The molecule has 2 aromatic heterocycles. The van der Waals surface area contributed by atoms with Gasteiger partial charge in [0.2, 0.25) is 5.95 Å². The van der Waals surface area contributed by atoms with Gasteiger partial charge in [0, 0.05) is 12.7 Å². The number of anilines is 1. The number of rotatable bonds is 5. The van der Waals surface area contributed by atoms with E-state index in [4.69, 9.17) is 5.11 Å². The summed E-state index contributed by atoms with van der Waals surface area (Å²) in [6.45, 7) is 3.06. The fourth-order valence-electron chi connectivity index (χ4n) is 1.41. The van der Waals surface area contributed by atoms with E-state index in [1.165, 1.54) is 18.6 Å². The molecule has 0 fully saturated rings. The third kappa shape index (κ3) is 2.59. The largest absolute Gasteiger partial charge is 0.477 e. The predicted molar refractivity (Wildman–Crippen MR) is 62.0 cm³/mol. The fourth-order valence-corrected chi connectivity index (χ4v) is 1.41. The van der Waals surface area contributed by atoms with Crippen LogP contribution in [0.5, 0.6) is 0 Å². The van der Waals surface area contributed by atoms with Gasteiger partial charge in [-0.3, -0.25) is 0 Å². The molecule has 0 saturated heterocycles. The van der Waals surface area contributed by atoms with Crippen molar-refractivity contribution in [3.63, 3.8) is 0 Å². The van der Waals surface area contributed by atoms with E-state index in [1.54, 1.807) is 4.68 Å². The molecule has 2 aromatic rings. The SMILES string of the molecule is CCn1ncnc1CNc1nccc(C(=O)O)n1. The lowest BCUT2D eigenvalue weighted by Crippen LogP contribution is -2.12. The molecular weight excluding hydrogens is 236 g/mol. The monoisotopic (exact) mass is 248 g/mol. The van der Waals surface area contributed by atoms with Crippen molar-refractivity contribution in [2.75, 3.05) is 5.32 Å². The van der Waals surface area contributed by atoms with Crippen LogP contribution in [0.3, 0.4) is 0 Å². The van der Waals surface area contributed by atoms with Gasteiger partial charge in [-0.25, -0.2) is 24.4 Å². The highest BCUT2D eigenvalue weighted by molar-refractivity contribution is 5.85. The van der Waals surface area contributed by atoms with E-state index in [9.17, 15) is 4.79 Å². The van der Waals surface area contributed by atoms with Crippen LogP contribution in [-0.2, 0) is 13.1 Å². The fraction of sp³-hybridized carbons (Fsp3) is 0.300. The summed E-state index contributed by atoms with van der Waals surface area (Å²) in [7, 11) is 0. The van der Waals surface area contributed by atoms with Crippen molar-refractivity contribution in [1.82, 2.24) is 24.7 Å². The topological polar surface area (TPSA) is 106 Å². The smallest absolute Gasteiger partial charge is 0.354 e. The van der Waals surface area contributed by atoms with Crippen LogP contribution in [0.2, 0.25) is 0 Å². The molecule has 2 N–H and O–H groups in total. The number of nitrogens with zero attached hydrogens (tertiary/aromatic N) is 5. The molecule has 8 nitrogen and oxygen atoms in total. The highest BCUT2D eigenvalue weighted by Gasteiger charge is 2.07. The average molecular weight is 248 g/mol. The van der Waals surface area contributed by atoms with Crippen molar-refractivity contribution >= 4 is 11.9 Å². The maximum atomic E-state index is 10.7. The quantitative estimate of drug-likeness (QED) is 0.788. The first kappa shape index (κ1) is 12.0. The molecule has 0 unspecified atom stereocenters. The number of hydrogen-bond donors (Lipinski definition) is 2. The zero-order valence-corrected chi connectivity index (χ0v) is 9.74. The molecule has 0 aliphatic heterocycles. The van der Waals surface area contributed by atoms with Crippen LogP contribution in [0.15, 0.2) is 18.6 Å². The maximum absolute atomic E-state index is 10.7. The Balaban J connectivity index is 2.06. The summed E-state index contributed by atoms with van der Waals surface area (Å²) < 4.78 is 1.73. The second kappa shape index (κ2) is 5.21. The molecule has 0 aromatic carbocycles. The number of carbonyl (C=O) groups is 1. The normalized spacial score (nSPS) is 10.3. The summed E-state index contributed by atoms with van der Waals surface area (Å²) >= 11 is 0. The second-order valence-electron chi connectivity index (χ2n) is 3.42. The van der Waals surface area contributed by atoms with Crippen LogP contribution in [0.25, 0.3) is 0 Å². The molecule has 2 heterocycles. The van der Waals surface area contributed by atoms with Gasteiger partial charge in [-0.05, 0) is 13.0 Å². The first-order valence-electron chi connectivity index (χ1n) is 5.37. The van der Waals surface area contributed by atoms with Gasteiger partial charge in [-0.1, -0.05) is 0 Å². The minimum absolute atomic E-state index is 0.0514. The van der Waals surface area contributed by atoms with Gasteiger partial charge in [0.25, 0.3) is 0 Å². The lowest BCUT2D eigenvalue weighted by atomic mass is 10.4. The average Bonchev–Trinajstić information content (AvgIpc) is 2.84. The van der Waals surface area contributed by atoms with Crippen molar-refractivity contribution in [1.29, 1.82) is 0 Å². The number of nitrogens with one attached hydrogen (secondary N) is 1. The van der Waals surface area contributed by atoms with E-state index in [1.807, 2.05) is 6.92 Å². The molecule has 0 saturated carbocycles. The van der Waals surface area contributed by atoms with E-state index in [2.05, 4.69) is 25.4 Å². The molecule has 18 heavy (non-hydrogen) atoms. The highest BCUT2D eigenvalue weighted by atomic mass is 16.4. The molecule has 0 aliphatic rings. The van der Waals surface area contributed by atoms with Gasteiger partial charge < -0.3 is 10.4 Å². The van der Waals surface area contributed by atoms with Crippen molar-refractivity contribution in [2.45, 2.75) is 20.0 Å². The van der Waals surface area contributed by atoms with E-state index in [0.29, 0.717) is 13.1 Å². The Labute approximate surface area is 103 Å². The van der Waals surface area contributed by atoms with Crippen LogP contribution in [-0.4, -0.2) is 35.8 Å². The summed E-state index contributed by atoms with van der Waals surface area (Å²) in [4.78, 5) is 22.6. The molecule has 2 rings (SSSR count). The van der Waals surface area contributed by atoms with E-state index in [-0.39, 0.29) is 11.6 Å². The zero-order valence-electron chi connectivity index (χ0n) is 9.74. The van der Waals surface area contributed by atoms with Crippen molar-refractivity contribution in [3.05, 3.63) is 30.1 Å². The third-order valence-corrected chi connectivity index (χ3v) is 2.27. The Bertz CT molecular complexity index is 553. The van der Waals surface area contributed by atoms with Crippen molar-refractivity contribution in [2.24, 2.45) is 0 Å². The minimum Gasteiger partial charge on any atom is -0.477 e. The summed E-state index contributed by atoms with van der Waals surface area (Å²) in [5.74, 6) is -0.0976. The van der Waals surface area contributed by atoms with Crippen LogP contribution in [0.1, 0.15) is 23.2 Å². The lowest BCUT2D eigenvalue weighted by molar-refractivity contribution is 0.0690. The van der Waals surface area contributed by atoms with Crippen LogP contribution in [0, 0.1) is 0 Å². The Hall–Kier alpha value is -2.51. The van der Waals surface area contributed by atoms with Gasteiger partial charge in [-0.2, -0.15) is 5.10 Å². The van der Waals surface area contributed by atoms with Gasteiger partial charge in [0.05, 0.1) is 6.54 Å². The number of aromatic carboxylic acids is 1. The zero-order chi connectivity index (χ0) is 13.0. The summed E-state index contributed by atoms with van der Waals surface area (Å²) in [6.07, 6.45) is 2.86. The van der Waals surface area contributed by atoms with Crippen LogP contribution < -0.4 is 5.32 Å². The van der Waals surface area contributed by atoms with Gasteiger partial charge in [0.1, 0.15) is 12.2 Å². The molecular formula is C10H12N6O2. The maximum Gasteiger partial charge on any atom is 0.354 e. The molecule has 0 radical (unpaired) electrons. The molecule has 94 valence electrons. The molecule has 8 heteroatoms. The molecule has 0 amide bonds. The Morgan fingerprint density at radius 2 is 2.33 bits per heavy atom. The first-order chi connectivity index (χ1) is 8.70. The summed E-state index contributed by atoms with van der Waals surface area (Å²) in [5, 5.41) is 15.7. The predicted octanol–water partition coefficient (Wildman–Crippen LogP) is 0.398. The van der Waals surface area contributed by atoms with E-state index in [0.717, 1.165) is 5.82 Å². The number of carboxylic acid groups (broad SMARTS) is 1. The lowest BCUT2D eigenvalue weighted by Gasteiger charge is -2.05. The molecule has 0 spiro atoms. The van der Waals surface area contributed by atoms with Gasteiger partial charge in [-0.15, -0.1) is 0 Å². The highest BCUT2D eigenvalue weighted by Crippen LogP contribution is 2.03. The van der Waals surface area contributed by atoms with Crippen molar-refractivity contribution < 1.29 is 9.90 Å². The minimum atomic E-state index is -1.09. The standard InChI is InChI=1S/C10H12N6O2/c1-2-16-8(13-6-14-16)5-12-10-11-4-3-7(15-10)9(17)18/h3-4,6H,2,5H2,1H3,(H,17,18)(H,11,12,15). The molecule has 0 bridgehead atoms. The number of carboxylic acids is 1. The number of aromatic nitrogens is 5. The summed E-state index contributed by atoms with van der Waals surface area (Å²) in [5.41, 5.74) is -0.0514. The van der Waals surface area contributed by atoms with Crippen LogP contribution >= 0.6 is 0 Å². The Morgan fingerprint density at radius 1 is 1.50 bits per heavy atom. The first-order valence-corrected chi connectivity index (χ1v) is 5.37. The third-order valence-electron chi connectivity index (χ3n) is 2.27. The van der Waals surface area contributed by atoms with E-state index < -0.39 is 5.97 Å². The molecule has 0 atom stereocenters. The van der Waals surface area contributed by atoms with Gasteiger partial charge in [0.15, 0.2) is 5.69 Å². The molecule has 0 aliphatic carbocycles. The van der Waals surface area contributed by atoms with Crippen molar-refractivity contribution in [3.8, 4) is 0 Å². The second-order valence-corrected chi connectivity index (χ2v) is 3.42. The Morgan fingerprint density at radius 3 is 3.06 bits per heavy atom. The number of aryl methyl sites for hydroxylation is 1. The van der Waals surface area contributed by atoms with Crippen LogP contribution in [0.4, 0.5) is 5.95 Å². The van der Waals surface area contributed by atoms with E-state index >= 15 is 0 Å². The summed E-state index contributed by atoms with van der Waals surface area (Å²) in [6, 6.07) is 1.34. The van der Waals surface area contributed by atoms with Gasteiger partial charge >= 0.3 is 5.97 Å².